The van der Waals surface area contributed by atoms with Crippen molar-refractivity contribution in [2.45, 2.75) is 24.4 Å². The zero-order valence-electron chi connectivity index (χ0n) is 14.6. The summed E-state index contributed by atoms with van der Waals surface area (Å²) in [4.78, 5) is 25.4. The Morgan fingerprint density at radius 1 is 1.15 bits per heavy atom. The zero-order chi connectivity index (χ0) is 19.2. The highest BCUT2D eigenvalue weighted by Crippen LogP contribution is 2.42. The largest absolute Gasteiger partial charge is 0.489 e. The minimum Gasteiger partial charge on any atom is -0.489 e. The maximum absolute atomic E-state index is 12.4. The number of carboxylic acid groups (broad SMARTS) is 1. The fourth-order valence-corrected chi connectivity index (χ4v) is 4.54. The molecule has 0 saturated carbocycles. The number of amides is 1. The smallest absolute Gasteiger partial charge is 0.327 e. The standard InChI is InChI=1S/C20H20ClNO4S/c21-11-10-18(23)22-17(20(24)25)13-27-19(22)15-6-8-16(9-7-15)26-12-14-4-2-1-3-5-14/h1-9,17,19H,10-13H2,(H,24,25). The monoisotopic (exact) mass is 405 g/mol. The molecular weight excluding hydrogens is 386 g/mol. The molecule has 2 aromatic rings. The first kappa shape index (κ1) is 19.6. The highest BCUT2D eigenvalue weighted by atomic mass is 35.5. The summed E-state index contributed by atoms with van der Waals surface area (Å²) in [6, 6.07) is 16.5. The number of hydrogen-bond acceptors (Lipinski definition) is 4. The van der Waals surface area contributed by atoms with Crippen LogP contribution in [0.1, 0.15) is 22.9 Å². The number of thioether (sulfide) groups is 1. The van der Waals surface area contributed by atoms with Crippen LogP contribution in [-0.4, -0.2) is 39.6 Å². The van der Waals surface area contributed by atoms with E-state index in [1.54, 1.807) is 0 Å². The van der Waals surface area contributed by atoms with E-state index in [2.05, 4.69) is 0 Å². The topological polar surface area (TPSA) is 66.8 Å². The first-order valence-corrected chi connectivity index (χ1v) is 10.2. The van der Waals surface area contributed by atoms with Gasteiger partial charge >= 0.3 is 5.97 Å². The maximum Gasteiger partial charge on any atom is 0.327 e. The predicted molar refractivity (Wildman–Crippen MR) is 106 cm³/mol. The van der Waals surface area contributed by atoms with Crippen molar-refractivity contribution < 1.29 is 19.4 Å². The molecule has 1 amide bonds. The van der Waals surface area contributed by atoms with Crippen LogP contribution in [-0.2, 0) is 16.2 Å². The normalized spacial score (nSPS) is 19.1. The van der Waals surface area contributed by atoms with E-state index in [0.29, 0.717) is 12.4 Å². The van der Waals surface area contributed by atoms with Gasteiger partial charge in [0.25, 0.3) is 0 Å². The van der Waals surface area contributed by atoms with E-state index in [4.69, 9.17) is 16.3 Å². The molecule has 2 atom stereocenters. The van der Waals surface area contributed by atoms with Crippen LogP contribution >= 0.6 is 23.4 Å². The summed E-state index contributed by atoms with van der Waals surface area (Å²) >= 11 is 7.13. The molecule has 0 bridgehead atoms. The third-order valence-electron chi connectivity index (χ3n) is 4.30. The number of rotatable bonds is 7. The Morgan fingerprint density at radius 2 is 1.85 bits per heavy atom. The lowest BCUT2D eigenvalue weighted by Crippen LogP contribution is -2.43. The minimum absolute atomic E-state index is 0.126. The zero-order valence-corrected chi connectivity index (χ0v) is 16.2. The molecule has 1 fully saturated rings. The van der Waals surface area contributed by atoms with E-state index in [0.717, 1.165) is 16.9 Å². The SMILES string of the molecule is O=C(O)C1CSC(c2ccc(OCc3ccccc3)cc2)N1C(=O)CCCl. The molecule has 2 aromatic carbocycles. The van der Waals surface area contributed by atoms with Gasteiger partial charge in [-0.1, -0.05) is 42.5 Å². The summed E-state index contributed by atoms with van der Waals surface area (Å²) in [5.41, 5.74) is 1.95. The lowest BCUT2D eigenvalue weighted by molar-refractivity contribution is -0.149. The number of carbonyl (C=O) groups excluding carboxylic acids is 1. The van der Waals surface area contributed by atoms with E-state index < -0.39 is 12.0 Å². The molecule has 0 spiro atoms. The molecule has 1 aliphatic heterocycles. The van der Waals surface area contributed by atoms with Crippen molar-refractivity contribution in [3.05, 3.63) is 65.7 Å². The number of alkyl halides is 1. The van der Waals surface area contributed by atoms with Gasteiger partial charge in [-0.3, -0.25) is 4.79 Å². The van der Waals surface area contributed by atoms with Crippen LogP contribution in [0.5, 0.6) is 5.75 Å². The number of benzene rings is 2. The lowest BCUT2D eigenvalue weighted by Gasteiger charge is -2.27. The van der Waals surface area contributed by atoms with Crippen molar-refractivity contribution in [2.24, 2.45) is 0 Å². The third-order valence-corrected chi connectivity index (χ3v) is 5.81. The van der Waals surface area contributed by atoms with Gasteiger partial charge in [-0.2, -0.15) is 0 Å². The summed E-state index contributed by atoms with van der Waals surface area (Å²) < 4.78 is 5.78. The highest BCUT2D eigenvalue weighted by Gasteiger charge is 2.41. The van der Waals surface area contributed by atoms with Crippen molar-refractivity contribution in [1.29, 1.82) is 0 Å². The highest BCUT2D eigenvalue weighted by molar-refractivity contribution is 7.99. The Bertz CT molecular complexity index is 784. The van der Waals surface area contributed by atoms with Crippen molar-refractivity contribution in [3.63, 3.8) is 0 Å². The van der Waals surface area contributed by atoms with E-state index in [1.807, 2.05) is 54.6 Å². The number of nitrogens with zero attached hydrogens (tertiary/aromatic N) is 1. The molecule has 1 aliphatic rings. The van der Waals surface area contributed by atoms with Crippen molar-refractivity contribution in [3.8, 4) is 5.75 Å². The molecule has 0 aliphatic carbocycles. The molecule has 1 saturated heterocycles. The first-order valence-electron chi connectivity index (χ1n) is 8.58. The van der Waals surface area contributed by atoms with Gasteiger partial charge in [0, 0.05) is 18.1 Å². The maximum atomic E-state index is 12.4. The molecule has 1 N–H and O–H groups in total. The Morgan fingerprint density at radius 3 is 2.48 bits per heavy atom. The molecule has 0 aromatic heterocycles. The lowest BCUT2D eigenvalue weighted by atomic mass is 10.1. The van der Waals surface area contributed by atoms with Crippen LogP contribution in [0.2, 0.25) is 0 Å². The van der Waals surface area contributed by atoms with Gasteiger partial charge < -0.3 is 14.7 Å². The quantitative estimate of drug-likeness (QED) is 0.707. The summed E-state index contributed by atoms with van der Waals surface area (Å²) in [6.45, 7) is 0.472. The van der Waals surface area contributed by atoms with Gasteiger partial charge in [-0.05, 0) is 23.3 Å². The van der Waals surface area contributed by atoms with Gasteiger partial charge in [0.2, 0.25) is 5.91 Å². The Hall–Kier alpha value is -2.18. The van der Waals surface area contributed by atoms with Crippen molar-refractivity contribution in [1.82, 2.24) is 4.90 Å². The van der Waals surface area contributed by atoms with E-state index in [9.17, 15) is 14.7 Å². The van der Waals surface area contributed by atoms with Gasteiger partial charge in [0.05, 0.1) is 0 Å². The Balaban J connectivity index is 1.71. The van der Waals surface area contributed by atoms with E-state index >= 15 is 0 Å². The summed E-state index contributed by atoms with van der Waals surface area (Å²) in [7, 11) is 0. The minimum atomic E-state index is -0.990. The van der Waals surface area contributed by atoms with Crippen molar-refractivity contribution >= 4 is 35.2 Å². The van der Waals surface area contributed by atoms with Gasteiger partial charge in [0.1, 0.15) is 23.8 Å². The second-order valence-corrected chi connectivity index (χ2v) is 7.61. The van der Waals surface area contributed by atoms with Crippen LogP contribution in [0.4, 0.5) is 0 Å². The molecule has 27 heavy (non-hydrogen) atoms. The number of halogens is 1. The summed E-state index contributed by atoms with van der Waals surface area (Å²) in [6.07, 6.45) is 0.126. The second-order valence-electron chi connectivity index (χ2n) is 6.12. The van der Waals surface area contributed by atoms with E-state index in [1.165, 1.54) is 16.7 Å². The second kappa shape index (κ2) is 9.15. The molecule has 5 nitrogen and oxygen atoms in total. The first-order chi connectivity index (χ1) is 13.1. The molecule has 1 heterocycles. The van der Waals surface area contributed by atoms with Crippen molar-refractivity contribution in [2.75, 3.05) is 11.6 Å². The van der Waals surface area contributed by atoms with Gasteiger partial charge in [-0.25, -0.2) is 4.79 Å². The predicted octanol–water partition coefficient (Wildman–Crippen LogP) is 3.92. The van der Waals surface area contributed by atoms with Crippen LogP contribution in [0.25, 0.3) is 0 Å². The number of aliphatic carboxylic acids is 1. The number of carbonyl (C=O) groups is 2. The Labute approximate surface area is 167 Å². The third kappa shape index (κ3) is 4.76. The number of hydrogen-bond donors (Lipinski definition) is 1. The number of carboxylic acids is 1. The van der Waals surface area contributed by atoms with E-state index in [-0.39, 0.29) is 23.6 Å². The summed E-state index contributed by atoms with van der Waals surface area (Å²) in [5, 5.41) is 9.10. The van der Waals surface area contributed by atoms with Crippen LogP contribution in [0.15, 0.2) is 54.6 Å². The summed E-state index contributed by atoms with van der Waals surface area (Å²) in [5.74, 6) is 0.0255. The average Bonchev–Trinajstić information content (AvgIpc) is 3.13. The molecule has 0 radical (unpaired) electrons. The molecule has 142 valence electrons. The molecule has 7 heteroatoms. The van der Waals surface area contributed by atoms with Crippen LogP contribution in [0.3, 0.4) is 0 Å². The number of ether oxygens (including phenoxy) is 1. The van der Waals surface area contributed by atoms with Gasteiger partial charge in [0.15, 0.2) is 0 Å². The Kier molecular flexibility index (Phi) is 6.63. The average molecular weight is 406 g/mol. The van der Waals surface area contributed by atoms with Crippen LogP contribution in [0, 0.1) is 0 Å². The van der Waals surface area contributed by atoms with Crippen LogP contribution < -0.4 is 4.74 Å². The fourth-order valence-electron chi connectivity index (χ4n) is 2.94. The molecule has 2 unspecified atom stereocenters. The van der Waals surface area contributed by atoms with Gasteiger partial charge in [-0.15, -0.1) is 23.4 Å². The molecular formula is C20H20ClNO4S. The molecule has 3 rings (SSSR count). The fraction of sp³-hybridized carbons (Fsp3) is 0.300.